The molecule has 2 aromatic rings. The molecule has 7 heteroatoms. The van der Waals surface area contributed by atoms with Crippen LogP contribution in [0.3, 0.4) is 0 Å². The number of nitrogens with zero attached hydrogens (tertiary/aromatic N) is 1. The largest absolute Gasteiger partial charge is 0.468 e. The Morgan fingerprint density at radius 1 is 1.21 bits per heavy atom. The number of amides is 1. The van der Waals surface area contributed by atoms with Gasteiger partial charge in [-0.1, -0.05) is 35.9 Å². The molecule has 1 amide bonds. The van der Waals surface area contributed by atoms with E-state index in [2.05, 4.69) is 5.32 Å². The molecule has 148 valence electrons. The van der Waals surface area contributed by atoms with Gasteiger partial charge in [-0.3, -0.25) is 14.5 Å². The molecule has 0 aliphatic carbocycles. The van der Waals surface area contributed by atoms with E-state index in [1.165, 1.54) is 19.2 Å². The van der Waals surface area contributed by atoms with Crippen LogP contribution in [0.15, 0.2) is 48.5 Å². The molecular formula is C21H22ClFN2O3. The van der Waals surface area contributed by atoms with Crippen molar-refractivity contribution in [1.82, 2.24) is 10.2 Å². The van der Waals surface area contributed by atoms with Gasteiger partial charge in [0.1, 0.15) is 11.9 Å². The standard InChI is InChI=1S/C21H22ClFN2O3/c1-28-21(27)19-11-18(13-25(19)12-15-3-2-4-16(22)9-15)24-20(26)10-14-5-7-17(23)8-6-14/h2-9,18-19H,10-13H2,1H3,(H,24,26)/t18-,19+/m1/s1. The summed E-state index contributed by atoms with van der Waals surface area (Å²) in [4.78, 5) is 26.5. The van der Waals surface area contributed by atoms with Gasteiger partial charge in [-0.25, -0.2) is 4.39 Å². The highest BCUT2D eigenvalue weighted by Crippen LogP contribution is 2.23. The van der Waals surface area contributed by atoms with Crippen LogP contribution in [0.2, 0.25) is 5.02 Å². The number of hydrogen-bond donors (Lipinski definition) is 1. The van der Waals surface area contributed by atoms with Gasteiger partial charge < -0.3 is 10.1 Å². The molecule has 1 aliphatic heterocycles. The van der Waals surface area contributed by atoms with E-state index in [4.69, 9.17) is 16.3 Å². The monoisotopic (exact) mass is 404 g/mol. The van der Waals surface area contributed by atoms with Gasteiger partial charge in [-0.2, -0.15) is 0 Å². The van der Waals surface area contributed by atoms with E-state index in [-0.39, 0.29) is 30.2 Å². The van der Waals surface area contributed by atoms with Crippen molar-refractivity contribution < 1.29 is 18.7 Å². The van der Waals surface area contributed by atoms with Crippen molar-refractivity contribution in [2.24, 2.45) is 0 Å². The fourth-order valence-electron chi connectivity index (χ4n) is 3.50. The second-order valence-electron chi connectivity index (χ2n) is 6.90. The van der Waals surface area contributed by atoms with Crippen LogP contribution in [0.4, 0.5) is 4.39 Å². The zero-order valence-corrected chi connectivity index (χ0v) is 16.3. The van der Waals surface area contributed by atoms with Crippen LogP contribution in [0, 0.1) is 5.82 Å². The minimum Gasteiger partial charge on any atom is -0.468 e. The summed E-state index contributed by atoms with van der Waals surface area (Å²) in [6.07, 6.45) is 0.635. The number of carbonyl (C=O) groups is 2. The van der Waals surface area contributed by atoms with Crippen LogP contribution in [0.5, 0.6) is 0 Å². The van der Waals surface area contributed by atoms with Crippen LogP contribution in [-0.4, -0.2) is 42.5 Å². The minimum absolute atomic E-state index is 0.161. The van der Waals surface area contributed by atoms with Crippen LogP contribution in [0.1, 0.15) is 17.5 Å². The molecular weight excluding hydrogens is 383 g/mol. The fourth-order valence-corrected chi connectivity index (χ4v) is 3.71. The van der Waals surface area contributed by atoms with E-state index in [0.717, 1.165) is 11.1 Å². The van der Waals surface area contributed by atoms with Crippen molar-refractivity contribution in [3.05, 3.63) is 70.5 Å². The van der Waals surface area contributed by atoms with E-state index in [1.807, 2.05) is 23.1 Å². The number of methoxy groups -OCH3 is 1. The van der Waals surface area contributed by atoms with Gasteiger partial charge in [0.25, 0.3) is 0 Å². The average molecular weight is 405 g/mol. The molecule has 0 bridgehead atoms. The molecule has 0 aromatic heterocycles. The van der Waals surface area contributed by atoms with Crippen LogP contribution in [-0.2, 0) is 27.3 Å². The van der Waals surface area contributed by atoms with Gasteiger partial charge in [0, 0.05) is 24.2 Å². The van der Waals surface area contributed by atoms with Crippen LogP contribution < -0.4 is 5.32 Å². The zero-order chi connectivity index (χ0) is 20.1. The van der Waals surface area contributed by atoms with Gasteiger partial charge in [0.15, 0.2) is 0 Å². The Bertz CT molecular complexity index is 844. The molecule has 1 aliphatic rings. The zero-order valence-electron chi connectivity index (χ0n) is 15.5. The molecule has 1 N–H and O–H groups in total. The number of nitrogens with one attached hydrogen (secondary N) is 1. The Morgan fingerprint density at radius 2 is 1.96 bits per heavy atom. The van der Waals surface area contributed by atoms with Crippen molar-refractivity contribution in [1.29, 1.82) is 0 Å². The molecule has 2 aromatic carbocycles. The van der Waals surface area contributed by atoms with E-state index in [0.29, 0.717) is 24.5 Å². The number of likely N-dealkylation sites (tertiary alicyclic amines) is 1. The Labute approximate surface area is 168 Å². The first-order valence-electron chi connectivity index (χ1n) is 9.04. The lowest BCUT2D eigenvalue weighted by Crippen LogP contribution is -2.38. The quantitative estimate of drug-likeness (QED) is 0.752. The van der Waals surface area contributed by atoms with Gasteiger partial charge in [-0.15, -0.1) is 0 Å². The molecule has 2 atom stereocenters. The molecule has 28 heavy (non-hydrogen) atoms. The van der Waals surface area contributed by atoms with Crippen molar-refractivity contribution in [3.63, 3.8) is 0 Å². The number of carbonyl (C=O) groups excluding carboxylic acids is 2. The number of halogens is 2. The molecule has 0 spiro atoms. The number of esters is 1. The average Bonchev–Trinajstić information content (AvgIpc) is 3.05. The van der Waals surface area contributed by atoms with Crippen molar-refractivity contribution in [2.45, 2.75) is 31.5 Å². The van der Waals surface area contributed by atoms with Crippen molar-refractivity contribution >= 4 is 23.5 Å². The lowest BCUT2D eigenvalue weighted by Gasteiger charge is -2.22. The first-order valence-corrected chi connectivity index (χ1v) is 9.42. The third kappa shape index (κ3) is 5.30. The second kappa shape index (κ2) is 9.17. The maximum absolute atomic E-state index is 13.0. The highest BCUT2D eigenvalue weighted by Gasteiger charge is 2.38. The van der Waals surface area contributed by atoms with Gasteiger partial charge >= 0.3 is 5.97 Å². The summed E-state index contributed by atoms with van der Waals surface area (Å²) in [5.41, 5.74) is 1.72. The van der Waals surface area contributed by atoms with E-state index < -0.39 is 6.04 Å². The number of benzene rings is 2. The van der Waals surface area contributed by atoms with Gasteiger partial charge in [0.2, 0.25) is 5.91 Å². The van der Waals surface area contributed by atoms with Gasteiger partial charge in [0.05, 0.1) is 13.5 Å². The topological polar surface area (TPSA) is 58.6 Å². The molecule has 5 nitrogen and oxygen atoms in total. The number of hydrogen-bond acceptors (Lipinski definition) is 4. The normalized spacial score (nSPS) is 19.4. The molecule has 1 heterocycles. The predicted molar refractivity (Wildman–Crippen MR) is 104 cm³/mol. The summed E-state index contributed by atoms with van der Waals surface area (Å²) in [5.74, 6) is -0.820. The summed E-state index contributed by atoms with van der Waals surface area (Å²) >= 11 is 6.05. The Balaban J connectivity index is 1.63. The Hall–Kier alpha value is -2.44. The van der Waals surface area contributed by atoms with Crippen molar-refractivity contribution in [3.8, 4) is 0 Å². The molecule has 1 saturated heterocycles. The SMILES string of the molecule is COC(=O)[C@@H]1C[C@@H](NC(=O)Cc2ccc(F)cc2)CN1Cc1cccc(Cl)c1. The summed E-state index contributed by atoms with van der Waals surface area (Å²) in [6.45, 7) is 1.06. The third-order valence-electron chi connectivity index (χ3n) is 4.79. The highest BCUT2D eigenvalue weighted by atomic mass is 35.5. The van der Waals surface area contributed by atoms with Crippen LogP contribution >= 0.6 is 11.6 Å². The number of ether oxygens (including phenoxy) is 1. The molecule has 0 saturated carbocycles. The van der Waals surface area contributed by atoms with E-state index in [1.54, 1.807) is 18.2 Å². The first kappa shape index (κ1) is 20.3. The summed E-state index contributed by atoms with van der Waals surface area (Å²) < 4.78 is 17.9. The lowest BCUT2D eigenvalue weighted by molar-refractivity contribution is -0.146. The highest BCUT2D eigenvalue weighted by molar-refractivity contribution is 6.30. The summed E-state index contributed by atoms with van der Waals surface area (Å²) in [5, 5.41) is 3.60. The smallest absolute Gasteiger partial charge is 0.323 e. The van der Waals surface area contributed by atoms with Gasteiger partial charge in [-0.05, 0) is 41.8 Å². The molecule has 1 fully saturated rings. The third-order valence-corrected chi connectivity index (χ3v) is 5.03. The molecule has 3 rings (SSSR count). The lowest BCUT2D eigenvalue weighted by atomic mass is 10.1. The second-order valence-corrected chi connectivity index (χ2v) is 7.34. The van der Waals surface area contributed by atoms with Crippen molar-refractivity contribution in [2.75, 3.05) is 13.7 Å². The summed E-state index contributed by atoms with van der Waals surface area (Å²) in [7, 11) is 1.36. The Kier molecular flexibility index (Phi) is 6.65. The maximum atomic E-state index is 13.0. The van der Waals surface area contributed by atoms with Crippen LogP contribution in [0.25, 0.3) is 0 Å². The predicted octanol–water partition coefficient (Wildman–Crippen LogP) is 2.95. The fraction of sp³-hybridized carbons (Fsp3) is 0.333. The molecule has 0 unspecified atom stereocenters. The van der Waals surface area contributed by atoms with E-state index >= 15 is 0 Å². The minimum atomic E-state index is -0.430. The summed E-state index contributed by atoms with van der Waals surface area (Å²) in [6, 6.07) is 12.7. The first-order chi connectivity index (χ1) is 13.4. The Morgan fingerprint density at radius 3 is 2.64 bits per heavy atom. The number of rotatable bonds is 6. The molecule has 0 radical (unpaired) electrons. The van der Waals surface area contributed by atoms with E-state index in [9.17, 15) is 14.0 Å². The maximum Gasteiger partial charge on any atom is 0.323 e.